The van der Waals surface area contributed by atoms with E-state index in [0.29, 0.717) is 17.7 Å². The Morgan fingerprint density at radius 1 is 1.28 bits per heavy atom. The summed E-state index contributed by atoms with van der Waals surface area (Å²) in [5.74, 6) is 0.889. The molecule has 2 bridgehead atoms. The van der Waals surface area contributed by atoms with Gasteiger partial charge in [0.05, 0.1) is 12.4 Å². The molecule has 0 saturated carbocycles. The molecule has 8 heteroatoms. The monoisotopic (exact) mass is 344 g/mol. The van der Waals surface area contributed by atoms with E-state index in [9.17, 15) is 4.79 Å². The first-order valence-corrected chi connectivity index (χ1v) is 8.83. The summed E-state index contributed by atoms with van der Waals surface area (Å²) in [5.41, 5.74) is 1.02. The molecule has 2 aliphatic heterocycles. The number of aromatic nitrogens is 4. The van der Waals surface area contributed by atoms with Gasteiger partial charge < -0.3 is 15.0 Å². The van der Waals surface area contributed by atoms with Crippen LogP contribution in [0.5, 0.6) is 0 Å². The van der Waals surface area contributed by atoms with E-state index in [1.54, 1.807) is 6.20 Å². The third kappa shape index (κ3) is 3.25. The lowest BCUT2D eigenvalue weighted by Gasteiger charge is -2.39. The van der Waals surface area contributed by atoms with Crippen LogP contribution < -0.4 is 10.2 Å². The van der Waals surface area contributed by atoms with Gasteiger partial charge >= 0.3 is 6.09 Å². The van der Waals surface area contributed by atoms with Gasteiger partial charge in [0.25, 0.3) is 0 Å². The molecule has 134 valence electrons. The molecule has 0 spiro atoms. The van der Waals surface area contributed by atoms with Gasteiger partial charge in [0.1, 0.15) is 16.9 Å². The minimum Gasteiger partial charge on any atom is -0.444 e. The van der Waals surface area contributed by atoms with E-state index < -0.39 is 5.60 Å². The van der Waals surface area contributed by atoms with Crippen molar-refractivity contribution in [3.05, 3.63) is 12.4 Å². The number of carbonyl (C=O) groups is 1. The van der Waals surface area contributed by atoms with Crippen LogP contribution >= 0.6 is 0 Å². The van der Waals surface area contributed by atoms with Crippen molar-refractivity contribution in [3.8, 4) is 0 Å². The Labute approximate surface area is 146 Å². The third-order valence-electron chi connectivity index (χ3n) is 4.86. The van der Waals surface area contributed by atoms with E-state index in [-0.39, 0.29) is 12.1 Å². The van der Waals surface area contributed by atoms with Gasteiger partial charge in [-0.3, -0.25) is 5.10 Å². The minimum atomic E-state index is -0.473. The first-order valence-electron chi connectivity index (χ1n) is 8.83. The fourth-order valence-corrected chi connectivity index (χ4v) is 3.99. The Kier molecular flexibility index (Phi) is 3.77. The predicted molar refractivity (Wildman–Crippen MR) is 93.4 cm³/mol. The molecule has 2 atom stereocenters. The number of fused-ring (bicyclic) bond motifs is 3. The number of rotatable bonds is 2. The second-order valence-electron chi connectivity index (χ2n) is 7.94. The van der Waals surface area contributed by atoms with Crippen LogP contribution in [-0.2, 0) is 4.74 Å². The number of hydrogen-bond donors (Lipinski definition) is 2. The molecule has 2 aromatic heterocycles. The van der Waals surface area contributed by atoms with Crippen molar-refractivity contribution in [3.63, 3.8) is 0 Å². The van der Waals surface area contributed by atoms with Crippen LogP contribution in [0.4, 0.5) is 10.6 Å². The average molecular weight is 344 g/mol. The molecule has 1 amide bonds. The zero-order chi connectivity index (χ0) is 17.6. The van der Waals surface area contributed by atoms with Gasteiger partial charge in [-0.05, 0) is 46.5 Å². The summed E-state index contributed by atoms with van der Waals surface area (Å²) in [7, 11) is 0. The van der Waals surface area contributed by atoms with Crippen molar-refractivity contribution < 1.29 is 9.53 Å². The van der Waals surface area contributed by atoms with Crippen LogP contribution in [-0.4, -0.2) is 50.0 Å². The van der Waals surface area contributed by atoms with Crippen molar-refractivity contribution >= 4 is 23.1 Å². The van der Waals surface area contributed by atoms with Gasteiger partial charge in [0, 0.05) is 18.1 Å². The summed E-state index contributed by atoms with van der Waals surface area (Å²) in [4.78, 5) is 23.5. The summed E-state index contributed by atoms with van der Waals surface area (Å²) >= 11 is 0. The summed E-state index contributed by atoms with van der Waals surface area (Å²) < 4.78 is 5.39. The quantitative estimate of drug-likeness (QED) is 0.868. The SMILES string of the molecule is CC(C)(C)OC(=O)NC1CC2CCC(C1)N2c1cnc2cn[nH]c2n1. The number of hydrogen-bond acceptors (Lipinski definition) is 6. The molecule has 4 rings (SSSR count). The van der Waals surface area contributed by atoms with Gasteiger partial charge in [-0.15, -0.1) is 0 Å². The fourth-order valence-electron chi connectivity index (χ4n) is 3.99. The van der Waals surface area contributed by atoms with Crippen LogP contribution in [0.1, 0.15) is 46.5 Å². The van der Waals surface area contributed by atoms with E-state index in [1.807, 2.05) is 27.0 Å². The van der Waals surface area contributed by atoms with Crippen LogP contribution in [0.3, 0.4) is 0 Å². The fraction of sp³-hybridized carbons (Fsp3) is 0.647. The first kappa shape index (κ1) is 16.1. The number of piperidine rings is 1. The lowest BCUT2D eigenvalue weighted by atomic mass is 9.97. The normalized spacial score (nSPS) is 26.0. The number of amides is 1. The predicted octanol–water partition coefficient (Wildman–Crippen LogP) is 2.38. The van der Waals surface area contributed by atoms with Crippen LogP contribution in [0.15, 0.2) is 12.4 Å². The molecule has 25 heavy (non-hydrogen) atoms. The molecule has 8 nitrogen and oxygen atoms in total. The maximum atomic E-state index is 12.0. The molecule has 2 unspecified atom stereocenters. The molecular formula is C17H24N6O2. The Morgan fingerprint density at radius 3 is 2.68 bits per heavy atom. The van der Waals surface area contributed by atoms with E-state index in [2.05, 4.69) is 30.4 Å². The van der Waals surface area contributed by atoms with E-state index in [0.717, 1.165) is 37.0 Å². The standard InChI is InChI=1S/C17H24N6O2/c1-17(2,3)25-16(24)20-10-6-11-4-5-12(7-10)23(11)14-9-18-13-8-19-22-15(13)21-14/h8-12H,4-7H2,1-3H3,(H,20,24)(H,19,21,22). The van der Waals surface area contributed by atoms with Crippen molar-refractivity contribution in [1.29, 1.82) is 0 Å². The number of alkyl carbamates (subject to hydrolysis) is 1. The molecule has 2 fully saturated rings. The summed E-state index contributed by atoms with van der Waals surface area (Å²) in [6.07, 6.45) is 7.20. The van der Waals surface area contributed by atoms with Gasteiger partial charge in [-0.25, -0.2) is 14.8 Å². The van der Waals surface area contributed by atoms with Gasteiger partial charge in [-0.2, -0.15) is 5.10 Å². The Hall–Kier alpha value is -2.38. The maximum Gasteiger partial charge on any atom is 0.407 e. The molecule has 2 N–H and O–H groups in total. The highest BCUT2D eigenvalue weighted by Crippen LogP contribution is 2.38. The third-order valence-corrected chi connectivity index (χ3v) is 4.86. The number of ether oxygens (including phenoxy) is 1. The van der Waals surface area contributed by atoms with Gasteiger partial charge in [-0.1, -0.05) is 0 Å². The summed E-state index contributed by atoms with van der Waals surface area (Å²) in [6, 6.07) is 0.883. The molecule has 2 aromatic rings. The molecule has 0 aromatic carbocycles. The lowest BCUT2D eigenvalue weighted by molar-refractivity contribution is 0.0492. The van der Waals surface area contributed by atoms with Crippen LogP contribution in [0.2, 0.25) is 0 Å². The average Bonchev–Trinajstić information content (AvgIpc) is 3.07. The maximum absolute atomic E-state index is 12.0. The highest BCUT2D eigenvalue weighted by Gasteiger charge is 2.42. The number of carbonyl (C=O) groups excluding carboxylic acids is 1. The molecule has 0 radical (unpaired) electrons. The molecular weight excluding hydrogens is 320 g/mol. The van der Waals surface area contributed by atoms with Crippen LogP contribution in [0.25, 0.3) is 11.2 Å². The second kappa shape index (κ2) is 5.86. The number of anilines is 1. The topological polar surface area (TPSA) is 96.0 Å². The van der Waals surface area contributed by atoms with Gasteiger partial charge in [0.15, 0.2) is 5.65 Å². The largest absolute Gasteiger partial charge is 0.444 e. The van der Waals surface area contributed by atoms with E-state index in [1.165, 1.54) is 0 Å². The molecule has 0 aliphatic carbocycles. The number of aromatic amines is 1. The highest BCUT2D eigenvalue weighted by atomic mass is 16.6. The van der Waals surface area contributed by atoms with Crippen molar-refractivity contribution in [1.82, 2.24) is 25.5 Å². The van der Waals surface area contributed by atoms with Crippen molar-refractivity contribution in [2.75, 3.05) is 4.90 Å². The highest BCUT2D eigenvalue weighted by molar-refractivity contribution is 5.70. The van der Waals surface area contributed by atoms with Crippen molar-refractivity contribution in [2.24, 2.45) is 0 Å². The van der Waals surface area contributed by atoms with Crippen molar-refractivity contribution in [2.45, 2.75) is 70.2 Å². The van der Waals surface area contributed by atoms with E-state index >= 15 is 0 Å². The second-order valence-corrected chi connectivity index (χ2v) is 7.94. The van der Waals surface area contributed by atoms with Crippen LogP contribution in [0, 0.1) is 0 Å². The van der Waals surface area contributed by atoms with Gasteiger partial charge in [0.2, 0.25) is 0 Å². The smallest absolute Gasteiger partial charge is 0.407 e. The first-order chi connectivity index (χ1) is 11.9. The zero-order valence-electron chi connectivity index (χ0n) is 14.8. The Bertz CT molecular complexity index is 769. The number of nitrogens with zero attached hydrogens (tertiary/aromatic N) is 4. The number of H-pyrrole nitrogens is 1. The Morgan fingerprint density at radius 2 is 2.00 bits per heavy atom. The molecule has 4 heterocycles. The lowest BCUT2D eigenvalue weighted by Crippen LogP contribution is -2.51. The zero-order valence-corrected chi connectivity index (χ0v) is 14.8. The summed E-state index contributed by atoms with van der Waals surface area (Å²) in [6.45, 7) is 5.63. The molecule has 2 saturated heterocycles. The minimum absolute atomic E-state index is 0.146. The molecule has 2 aliphatic rings. The summed E-state index contributed by atoms with van der Waals surface area (Å²) in [5, 5.41) is 9.90. The Balaban J connectivity index is 1.46. The number of nitrogens with one attached hydrogen (secondary N) is 2. The van der Waals surface area contributed by atoms with E-state index in [4.69, 9.17) is 4.74 Å².